The second kappa shape index (κ2) is 18.4. The molecule has 11 nitrogen and oxygen atoms in total. The molecule has 0 bridgehead atoms. The molecule has 0 saturated carbocycles. The van der Waals surface area contributed by atoms with E-state index in [1.54, 1.807) is 0 Å². The second-order valence-electron chi connectivity index (χ2n) is 11.0. The predicted octanol–water partition coefficient (Wildman–Crippen LogP) is 5.28. The largest absolute Gasteiger partial charge is 0.415 e. The van der Waals surface area contributed by atoms with Gasteiger partial charge in [0.25, 0.3) is 0 Å². The molecule has 2 saturated heterocycles. The Hall–Kier alpha value is 0.861. The maximum atomic E-state index is 7.71. The van der Waals surface area contributed by atoms with Crippen molar-refractivity contribution in [2.45, 2.75) is 103 Å². The molecule has 43 heavy (non-hydrogen) atoms. The monoisotopic (exact) mass is 718 g/mol. The molecule has 2 heterocycles. The number of hydrogen-bond acceptors (Lipinski definition) is 11. The molecule has 0 N–H and O–H groups in total. The van der Waals surface area contributed by atoms with Gasteiger partial charge in [-0.25, -0.2) is 0 Å². The Morgan fingerprint density at radius 3 is 0.558 bits per heavy atom. The van der Waals surface area contributed by atoms with E-state index >= 15 is 0 Å². The fraction of sp³-hybridized carbons (Fsp3) is 1.00. The molecule has 0 radical (unpaired) electrons. The van der Waals surface area contributed by atoms with Crippen molar-refractivity contribution in [2.24, 2.45) is 0 Å². The van der Waals surface area contributed by atoms with Gasteiger partial charge in [-0.1, -0.05) is 0 Å². The Balaban J connectivity index is 2.81. The van der Waals surface area contributed by atoms with E-state index in [2.05, 4.69) is 0 Å². The van der Waals surface area contributed by atoms with Crippen LogP contribution in [0.5, 0.6) is 0 Å². The highest BCUT2D eigenvalue weighted by Gasteiger charge is 2.72. The summed E-state index contributed by atoms with van der Waals surface area (Å²) >= 11 is 0. The molecule has 0 unspecified atom stereocenters. The minimum atomic E-state index is -3.13. The fourth-order valence-electron chi connectivity index (χ4n) is 7.20. The first kappa shape index (κ1) is 40.0. The topological polar surface area (TPSA) is 102 Å². The first-order valence-corrected chi connectivity index (χ1v) is 30.0. The fourth-order valence-corrected chi connectivity index (χ4v) is 57.3. The summed E-state index contributed by atoms with van der Waals surface area (Å²) in [5.74, 6) is 0. The molecule has 2 aliphatic rings. The van der Waals surface area contributed by atoms with Crippen LogP contribution in [0.1, 0.15) is 69.2 Å². The zero-order chi connectivity index (χ0) is 32.1. The van der Waals surface area contributed by atoms with Crippen LogP contribution < -0.4 is 0 Å². The van der Waals surface area contributed by atoms with E-state index in [4.69, 9.17) is 48.4 Å². The van der Waals surface area contributed by atoms with E-state index in [0.29, 0.717) is 100 Å². The van der Waals surface area contributed by atoms with Crippen LogP contribution in [0.2, 0.25) is 34.0 Å². The lowest BCUT2D eigenvalue weighted by Crippen LogP contribution is -2.75. The smallest absolute Gasteiger partial charge is 0.341 e. The highest BCUT2D eigenvalue weighted by atomic mass is 28.5. The molecule has 0 aromatic heterocycles. The number of hydrogen-bond donors (Lipinski definition) is 0. The van der Waals surface area contributed by atoms with E-state index < -0.39 is 51.4 Å². The van der Waals surface area contributed by atoms with Gasteiger partial charge in [-0.2, -0.15) is 0 Å². The van der Waals surface area contributed by atoms with Crippen molar-refractivity contribution in [1.29, 1.82) is 0 Å². The zero-order valence-electron chi connectivity index (χ0n) is 28.8. The van der Waals surface area contributed by atoms with Crippen LogP contribution >= 0.6 is 0 Å². The Morgan fingerprint density at radius 2 is 0.395 bits per heavy atom. The molecule has 0 aliphatic carbocycles. The molecule has 2 fully saturated rings. The third kappa shape index (κ3) is 10.4. The molecule has 2 aliphatic heterocycles. The quantitative estimate of drug-likeness (QED) is 0.137. The molecule has 0 atom stereocenters. The van der Waals surface area contributed by atoms with Crippen molar-refractivity contribution >= 4 is 51.4 Å². The van der Waals surface area contributed by atoms with E-state index in [9.17, 15) is 0 Å². The molecule has 0 aromatic rings. The lowest BCUT2D eigenvalue weighted by molar-refractivity contribution is 0.138. The Bertz CT molecular complexity index is 665. The maximum Gasteiger partial charge on any atom is 0.341 e. The highest BCUT2D eigenvalue weighted by Crippen LogP contribution is 2.49. The van der Waals surface area contributed by atoms with E-state index in [-0.39, 0.29) is 0 Å². The summed E-state index contributed by atoms with van der Waals surface area (Å²) in [5, 5.41) is 0. The van der Waals surface area contributed by atoms with Crippen LogP contribution in [0.4, 0.5) is 0 Å². The Kier molecular flexibility index (Phi) is 17.1. The van der Waals surface area contributed by atoms with E-state index in [1.165, 1.54) is 0 Å². The summed E-state index contributed by atoms with van der Waals surface area (Å²) in [6, 6.07) is 0. The average molecular weight is 719 g/mol. The minimum Gasteiger partial charge on any atom is -0.415 e. The Labute approximate surface area is 268 Å². The van der Waals surface area contributed by atoms with Gasteiger partial charge in [0.1, 0.15) is 0 Å². The minimum absolute atomic E-state index is 0.507. The molecule has 0 aromatic carbocycles. The third-order valence-electron chi connectivity index (χ3n) is 7.68. The number of rotatable bonds is 22. The van der Waals surface area contributed by atoms with Crippen LogP contribution in [0, 0.1) is 0 Å². The van der Waals surface area contributed by atoms with Gasteiger partial charge in [0.2, 0.25) is 0 Å². The van der Waals surface area contributed by atoms with Gasteiger partial charge < -0.3 is 48.4 Å². The van der Waals surface area contributed by atoms with Gasteiger partial charge in [-0.3, -0.25) is 0 Å². The van der Waals surface area contributed by atoms with Crippen molar-refractivity contribution in [3.63, 3.8) is 0 Å². The SMILES string of the molecule is CCO[Si]1(OCC)C[Si](OCC)(OCC)C[Si](OCC)(O[Si]2(OCC)C[Si](OCC)(OCC)C[Si](OCC)(OCC)C2)C1. The molecule has 2 rings (SSSR count). The molecule has 0 amide bonds. The first-order chi connectivity index (χ1) is 20.6. The van der Waals surface area contributed by atoms with Gasteiger partial charge in [-0.15, -0.1) is 0 Å². The maximum absolute atomic E-state index is 7.71. The molecular formula is C26H62O11Si6. The molecule has 17 heteroatoms. The average Bonchev–Trinajstić information content (AvgIpc) is 2.89. The van der Waals surface area contributed by atoms with Crippen molar-refractivity contribution in [1.82, 2.24) is 0 Å². The van der Waals surface area contributed by atoms with Crippen LogP contribution in [-0.4, -0.2) is 117 Å². The lowest BCUT2D eigenvalue weighted by atomic mass is 10.9. The van der Waals surface area contributed by atoms with Crippen molar-refractivity contribution in [2.75, 3.05) is 66.1 Å². The van der Waals surface area contributed by atoms with Gasteiger partial charge in [0, 0.05) is 100 Å². The van der Waals surface area contributed by atoms with Crippen LogP contribution in [-0.2, 0) is 48.4 Å². The van der Waals surface area contributed by atoms with Gasteiger partial charge in [0.05, 0.1) is 0 Å². The van der Waals surface area contributed by atoms with Gasteiger partial charge in [-0.05, 0) is 69.2 Å². The van der Waals surface area contributed by atoms with E-state index in [0.717, 1.165) is 0 Å². The summed E-state index contributed by atoms with van der Waals surface area (Å²) in [4.78, 5) is 0. The van der Waals surface area contributed by atoms with E-state index in [1.807, 2.05) is 69.2 Å². The highest BCUT2D eigenvalue weighted by molar-refractivity contribution is 7.09. The predicted molar refractivity (Wildman–Crippen MR) is 181 cm³/mol. The summed E-state index contributed by atoms with van der Waals surface area (Å²) in [6.45, 7) is 25.7. The standard InChI is InChI=1S/C26H62O11Si6/c1-11-27-38(28-12-2)21-39(29-13-3,30-14-4)24-42(23-38,35-19-9)37-43(36-20-10)25-40(31-15-5,32-16-6)22-41(26-43,33-17-7)34-18-8/h11-26H2,1-10H3. The summed E-state index contributed by atoms with van der Waals surface area (Å²) in [5.41, 5.74) is 3.96. The summed E-state index contributed by atoms with van der Waals surface area (Å²) in [6.07, 6.45) is 0. The van der Waals surface area contributed by atoms with Gasteiger partial charge >= 0.3 is 51.4 Å². The Morgan fingerprint density at radius 1 is 0.256 bits per heavy atom. The van der Waals surface area contributed by atoms with Crippen LogP contribution in [0.25, 0.3) is 0 Å². The summed E-state index contributed by atoms with van der Waals surface area (Å²) in [7, 11) is -17.7. The third-order valence-corrected chi connectivity index (χ3v) is 44.7. The normalized spacial score (nSPS) is 23.3. The second-order valence-corrected chi connectivity index (χ2v) is 34.1. The van der Waals surface area contributed by atoms with Crippen molar-refractivity contribution in [3.8, 4) is 0 Å². The van der Waals surface area contributed by atoms with Gasteiger partial charge in [0.15, 0.2) is 0 Å². The van der Waals surface area contributed by atoms with Crippen LogP contribution in [0.15, 0.2) is 0 Å². The van der Waals surface area contributed by atoms with Crippen molar-refractivity contribution < 1.29 is 48.4 Å². The summed E-state index contributed by atoms with van der Waals surface area (Å²) < 4.78 is 74.6. The molecule has 0 spiro atoms. The first-order valence-electron chi connectivity index (χ1n) is 16.6. The van der Waals surface area contributed by atoms with Crippen LogP contribution in [0.3, 0.4) is 0 Å². The van der Waals surface area contributed by atoms with Crippen molar-refractivity contribution in [3.05, 3.63) is 0 Å². The lowest BCUT2D eigenvalue weighted by Gasteiger charge is -2.54. The zero-order valence-corrected chi connectivity index (χ0v) is 34.8. The molecular weight excluding hydrogens is 657 g/mol. The molecule has 256 valence electrons.